The highest BCUT2D eigenvalue weighted by molar-refractivity contribution is 5.63. The van der Waals surface area contributed by atoms with Crippen LogP contribution in [0.4, 0.5) is 0 Å². The van der Waals surface area contributed by atoms with Crippen LogP contribution in [0.3, 0.4) is 0 Å². The van der Waals surface area contributed by atoms with E-state index in [0.717, 1.165) is 16.9 Å². The molecule has 0 spiro atoms. The van der Waals surface area contributed by atoms with Crippen LogP contribution in [0.2, 0.25) is 0 Å². The zero-order valence-corrected chi connectivity index (χ0v) is 11.1. The Morgan fingerprint density at radius 1 is 1.37 bits per heavy atom. The molecule has 0 amide bonds. The van der Waals surface area contributed by atoms with Crippen molar-refractivity contribution in [3.05, 3.63) is 29.7 Å². The molecule has 0 atom stereocenters. The smallest absolute Gasteiger partial charge is 0.251 e. The Labute approximate surface area is 112 Å². The van der Waals surface area contributed by atoms with Crippen molar-refractivity contribution in [2.75, 3.05) is 7.11 Å². The summed E-state index contributed by atoms with van der Waals surface area (Å²) in [6.07, 6.45) is 2.49. The van der Waals surface area contributed by atoms with Gasteiger partial charge in [-0.1, -0.05) is 11.6 Å². The molecule has 19 heavy (non-hydrogen) atoms. The molecule has 1 aromatic heterocycles. The van der Waals surface area contributed by atoms with Gasteiger partial charge in [0.05, 0.1) is 19.2 Å². The summed E-state index contributed by atoms with van der Waals surface area (Å²) in [6.45, 7) is 2.65. The number of nitrogens with one attached hydrogen (secondary N) is 1. The minimum absolute atomic E-state index is 0.508. The molecule has 1 aliphatic rings. The van der Waals surface area contributed by atoms with Gasteiger partial charge in [0, 0.05) is 6.04 Å². The van der Waals surface area contributed by atoms with E-state index in [1.807, 2.05) is 25.1 Å². The lowest BCUT2D eigenvalue weighted by Crippen LogP contribution is -2.15. The maximum Gasteiger partial charge on any atom is 0.251 e. The average Bonchev–Trinajstić information content (AvgIpc) is 3.13. The van der Waals surface area contributed by atoms with E-state index in [2.05, 4.69) is 15.5 Å². The van der Waals surface area contributed by atoms with Gasteiger partial charge in [0.15, 0.2) is 0 Å². The second-order valence-corrected chi connectivity index (χ2v) is 4.86. The fourth-order valence-corrected chi connectivity index (χ4v) is 1.94. The molecule has 1 saturated carbocycles. The molecule has 0 radical (unpaired) electrons. The van der Waals surface area contributed by atoms with Crippen molar-refractivity contribution in [1.82, 2.24) is 15.5 Å². The normalized spacial score (nSPS) is 14.6. The second-order valence-electron chi connectivity index (χ2n) is 4.86. The number of benzene rings is 1. The zero-order chi connectivity index (χ0) is 13.2. The van der Waals surface area contributed by atoms with Crippen LogP contribution in [0.15, 0.2) is 22.6 Å². The van der Waals surface area contributed by atoms with E-state index >= 15 is 0 Å². The van der Waals surface area contributed by atoms with Crippen LogP contribution in [0.25, 0.3) is 11.5 Å². The summed E-state index contributed by atoms with van der Waals surface area (Å²) in [6, 6.07) is 6.53. The lowest BCUT2D eigenvalue weighted by Gasteiger charge is -2.05. The summed E-state index contributed by atoms with van der Waals surface area (Å²) in [7, 11) is 1.64. The minimum Gasteiger partial charge on any atom is -0.496 e. The molecule has 0 bridgehead atoms. The maximum absolute atomic E-state index is 5.68. The van der Waals surface area contributed by atoms with Gasteiger partial charge in [-0.2, -0.15) is 0 Å². The molecule has 1 heterocycles. The molecule has 0 saturated heterocycles. The monoisotopic (exact) mass is 259 g/mol. The number of hydrogen-bond acceptors (Lipinski definition) is 5. The second kappa shape index (κ2) is 5.01. The van der Waals surface area contributed by atoms with E-state index in [4.69, 9.17) is 9.15 Å². The number of hydrogen-bond donors (Lipinski definition) is 1. The van der Waals surface area contributed by atoms with Gasteiger partial charge in [0.2, 0.25) is 5.89 Å². The first-order valence-electron chi connectivity index (χ1n) is 6.47. The highest BCUT2D eigenvalue weighted by Crippen LogP contribution is 2.30. The number of nitrogens with zero attached hydrogens (tertiary/aromatic N) is 2. The van der Waals surface area contributed by atoms with Crippen LogP contribution in [-0.4, -0.2) is 23.3 Å². The van der Waals surface area contributed by atoms with Gasteiger partial charge in [-0.05, 0) is 31.9 Å². The van der Waals surface area contributed by atoms with Gasteiger partial charge in [-0.15, -0.1) is 10.2 Å². The molecular formula is C14H17N3O2. The number of aromatic nitrogens is 2. The molecule has 1 aliphatic carbocycles. The maximum atomic E-state index is 5.68. The van der Waals surface area contributed by atoms with E-state index in [1.165, 1.54) is 12.8 Å². The first-order valence-corrected chi connectivity index (χ1v) is 6.47. The third-order valence-corrected chi connectivity index (χ3v) is 3.17. The molecule has 100 valence electrons. The van der Waals surface area contributed by atoms with Gasteiger partial charge >= 0.3 is 0 Å². The van der Waals surface area contributed by atoms with Gasteiger partial charge in [-0.3, -0.25) is 0 Å². The van der Waals surface area contributed by atoms with Crippen LogP contribution in [0.5, 0.6) is 5.75 Å². The van der Waals surface area contributed by atoms with Crippen LogP contribution >= 0.6 is 0 Å². The van der Waals surface area contributed by atoms with Crippen LogP contribution in [0, 0.1) is 6.92 Å². The molecular weight excluding hydrogens is 242 g/mol. The van der Waals surface area contributed by atoms with Gasteiger partial charge < -0.3 is 14.5 Å². The number of methoxy groups -OCH3 is 1. The van der Waals surface area contributed by atoms with Crippen LogP contribution < -0.4 is 10.1 Å². The van der Waals surface area contributed by atoms with Crippen molar-refractivity contribution in [3.63, 3.8) is 0 Å². The quantitative estimate of drug-likeness (QED) is 0.892. The number of ether oxygens (including phenoxy) is 1. The number of aryl methyl sites for hydroxylation is 1. The first-order chi connectivity index (χ1) is 9.26. The van der Waals surface area contributed by atoms with Crippen molar-refractivity contribution < 1.29 is 9.15 Å². The molecule has 0 unspecified atom stereocenters. The van der Waals surface area contributed by atoms with E-state index < -0.39 is 0 Å². The van der Waals surface area contributed by atoms with Gasteiger partial charge in [0.25, 0.3) is 5.89 Å². The Bertz CT molecular complexity index is 576. The zero-order valence-electron chi connectivity index (χ0n) is 11.1. The largest absolute Gasteiger partial charge is 0.496 e. The third kappa shape index (κ3) is 2.76. The SMILES string of the molecule is COc1ccc(C)cc1-c1nnc(CNC2CC2)o1. The molecule has 1 fully saturated rings. The topological polar surface area (TPSA) is 60.2 Å². The lowest BCUT2D eigenvalue weighted by atomic mass is 10.1. The Hall–Kier alpha value is -1.88. The van der Waals surface area contributed by atoms with Crippen molar-refractivity contribution >= 4 is 0 Å². The van der Waals surface area contributed by atoms with E-state index in [0.29, 0.717) is 24.4 Å². The molecule has 2 aromatic rings. The van der Waals surface area contributed by atoms with Gasteiger partial charge in [0.1, 0.15) is 5.75 Å². The van der Waals surface area contributed by atoms with Crippen molar-refractivity contribution in [2.45, 2.75) is 32.4 Å². The Balaban J connectivity index is 1.82. The average molecular weight is 259 g/mol. The molecule has 5 nitrogen and oxygen atoms in total. The molecule has 1 aromatic carbocycles. The summed E-state index contributed by atoms with van der Waals surface area (Å²) >= 11 is 0. The van der Waals surface area contributed by atoms with Crippen molar-refractivity contribution in [2.24, 2.45) is 0 Å². The molecule has 3 rings (SSSR count). The predicted molar refractivity (Wildman–Crippen MR) is 70.9 cm³/mol. The summed E-state index contributed by atoms with van der Waals surface area (Å²) in [5, 5.41) is 11.5. The van der Waals surface area contributed by atoms with E-state index in [9.17, 15) is 0 Å². The van der Waals surface area contributed by atoms with E-state index in [1.54, 1.807) is 7.11 Å². The summed E-state index contributed by atoms with van der Waals surface area (Å²) < 4.78 is 11.0. The fraction of sp³-hybridized carbons (Fsp3) is 0.429. The molecule has 0 aliphatic heterocycles. The first kappa shape index (κ1) is 12.2. The standard InChI is InChI=1S/C14H17N3O2/c1-9-3-6-12(18-2)11(7-9)14-17-16-13(19-14)8-15-10-4-5-10/h3,6-7,10,15H,4-5,8H2,1-2H3. The summed E-state index contributed by atoms with van der Waals surface area (Å²) in [5.74, 6) is 1.87. The lowest BCUT2D eigenvalue weighted by molar-refractivity contribution is 0.412. The number of rotatable bonds is 5. The Morgan fingerprint density at radius 3 is 2.95 bits per heavy atom. The van der Waals surface area contributed by atoms with Crippen LogP contribution in [0.1, 0.15) is 24.3 Å². The summed E-state index contributed by atoms with van der Waals surface area (Å²) in [4.78, 5) is 0. The van der Waals surface area contributed by atoms with E-state index in [-0.39, 0.29) is 0 Å². The van der Waals surface area contributed by atoms with Crippen molar-refractivity contribution in [1.29, 1.82) is 0 Å². The predicted octanol–water partition coefficient (Wildman–Crippen LogP) is 2.31. The Kier molecular flexibility index (Phi) is 3.21. The minimum atomic E-state index is 0.508. The summed E-state index contributed by atoms with van der Waals surface area (Å²) in [5.41, 5.74) is 1.97. The van der Waals surface area contributed by atoms with Crippen LogP contribution in [-0.2, 0) is 6.54 Å². The highest BCUT2D eigenvalue weighted by Gasteiger charge is 2.21. The third-order valence-electron chi connectivity index (χ3n) is 3.17. The molecule has 5 heteroatoms. The Morgan fingerprint density at radius 2 is 2.21 bits per heavy atom. The highest BCUT2D eigenvalue weighted by atomic mass is 16.5. The van der Waals surface area contributed by atoms with Crippen molar-refractivity contribution in [3.8, 4) is 17.2 Å². The fourth-order valence-electron chi connectivity index (χ4n) is 1.94. The molecule has 1 N–H and O–H groups in total. The van der Waals surface area contributed by atoms with Gasteiger partial charge in [-0.25, -0.2) is 0 Å².